The summed E-state index contributed by atoms with van der Waals surface area (Å²) in [5, 5.41) is 0. The lowest BCUT2D eigenvalue weighted by Crippen LogP contribution is -2.51. The van der Waals surface area contributed by atoms with Gasteiger partial charge in [-0.2, -0.15) is 0 Å². The van der Waals surface area contributed by atoms with Crippen molar-refractivity contribution in [3.8, 4) is 0 Å². The van der Waals surface area contributed by atoms with Gasteiger partial charge in [-0.25, -0.2) is 4.79 Å². The number of benzene rings is 1. The Morgan fingerprint density at radius 1 is 1.11 bits per heavy atom. The van der Waals surface area contributed by atoms with Crippen LogP contribution in [-0.2, 0) is 9.53 Å². The van der Waals surface area contributed by atoms with Gasteiger partial charge in [-0.3, -0.25) is 14.5 Å². The molecule has 1 aromatic carbocycles. The van der Waals surface area contributed by atoms with E-state index in [0.717, 1.165) is 24.0 Å². The van der Waals surface area contributed by atoms with Crippen molar-refractivity contribution in [1.82, 2.24) is 14.7 Å². The van der Waals surface area contributed by atoms with Gasteiger partial charge in [0.05, 0.1) is 12.6 Å². The second kappa shape index (κ2) is 7.45. The van der Waals surface area contributed by atoms with Gasteiger partial charge in [-0.1, -0.05) is 25.1 Å². The Hall–Kier alpha value is -2.57. The third kappa shape index (κ3) is 3.23. The van der Waals surface area contributed by atoms with Crippen molar-refractivity contribution in [3.63, 3.8) is 0 Å². The molecule has 0 unspecified atom stereocenters. The largest absolute Gasteiger partial charge is 0.442 e. The summed E-state index contributed by atoms with van der Waals surface area (Å²) >= 11 is 0. The highest BCUT2D eigenvalue weighted by Gasteiger charge is 2.51. The van der Waals surface area contributed by atoms with Crippen LogP contribution in [-0.4, -0.2) is 77.0 Å². The molecule has 0 bridgehead atoms. The molecule has 0 saturated carbocycles. The Morgan fingerprint density at radius 2 is 1.82 bits per heavy atom. The van der Waals surface area contributed by atoms with E-state index in [1.165, 1.54) is 0 Å². The smallest absolute Gasteiger partial charge is 0.410 e. The number of ether oxygens (including phenoxy) is 1. The molecule has 0 aliphatic carbocycles. The Balaban J connectivity index is 1.40. The maximum absolute atomic E-state index is 12.8. The van der Waals surface area contributed by atoms with Crippen molar-refractivity contribution in [1.29, 1.82) is 0 Å². The average Bonchev–Trinajstić information content (AvgIpc) is 3.24. The fourth-order valence-electron chi connectivity index (χ4n) is 4.64. The minimum atomic E-state index is -0.276. The van der Waals surface area contributed by atoms with E-state index in [4.69, 9.17) is 4.74 Å². The molecule has 0 N–H and O–H groups in total. The SMILES string of the molecule is CCC(=O)N1C[C@@H]2OC(=O)N(C3CCN(C(=O)c4ccccc4C)CC3)[C@@H]2C1. The molecule has 1 aromatic rings. The molecule has 0 spiro atoms. The Bertz CT molecular complexity index is 788. The summed E-state index contributed by atoms with van der Waals surface area (Å²) in [5.74, 6) is 0.156. The molecule has 3 heterocycles. The summed E-state index contributed by atoms with van der Waals surface area (Å²) in [7, 11) is 0. The quantitative estimate of drug-likeness (QED) is 0.798. The average molecular weight is 385 g/mol. The second-order valence-electron chi connectivity index (χ2n) is 7.89. The van der Waals surface area contributed by atoms with E-state index < -0.39 is 0 Å². The zero-order valence-electron chi connectivity index (χ0n) is 16.5. The third-order valence-corrected chi connectivity index (χ3v) is 6.23. The molecule has 3 saturated heterocycles. The lowest BCUT2D eigenvalue weighted by Gasteiger charge is -2.38. The van der Waals surface area contributed by atoms with Crippen molar-refractivity contribution in [2.45, 2.75) is 51.3 Å². The van der Waals surface area contributed by atoms with E-state index in [2.05, 4.69) is 0 Å². The van der Waals surface area contributed by atoms with E-state index in [9.17, 15) is 14.4 Å². The predicted molar refractivity (Wildman–Crippen MR) is 103 cm³/mol. The van der Waals surface area contributed by atoms with E-state index >= 15 is 0 Å². The second-order valence-corrected chi connectivity index (χ2v) is 7.89. The first kappa shape index (κ1) is 18.8. The summed E-state index contributed by atoms with van der Waals surface area (Å²) in [6.45, 7) is 6.08. The minimum Gasteiger partial charge on any atom is -0.442 e. The lowest BCUT2D eigenvalue weighted by atomic mass is 9.99. The molecule has 3 aliphatic rings. The first-order valence-corrected chi connectivity index (χ1v) is 10.1. The van der Waals surface area contributed by atoms with Crippen LogP contribution in [0.3, 0.4) is 0 Å². The summed E-state index contributed by atoms with van der Waals surface area (Å²) in [6, 6.07) is 7.62. The molecule has 7 heteroatoms. The number of carbonyl (C=O) groups excluding carboxylic acids is 3. The zero-order valence-corrected chi connectivity index (χ0v) is 16.5. The van der Waals surface area contributed by atoms with Crippen LogP contribution in [0.1, 0.15) is 42.1 Å². The van der Waals surface area contributed by atoms with Crippen LogP contribution < -0.4 is 0 Å². The van der Waals surface area contributed by atoms with Crippen LogP contribution in [0.5, 0.6) is 0 Å². The molecular weight excluding hydrogens is 358 g/mol. The fraction of sp³-hybridized carbons (Fsp3) is 0.571. The van der Waals surface area contributed by atoms with Crippen LogP contribution in [0, 0.1) is 6.92 Å². The van der Waals surface area contributed by atoms with Crippen molar-refractivity contribution < 1.29 is 19.1 Å². The van der Waals surface area contributed by atoms with Gasteiger partial charge >= 0.3 is 6.09 Å². The van der Waals surface area contributed by atoms with Crippen LogP contribution in [0.25, 0.3) is 0 Å². The molecule has 2 atom stereocenters. The van der Waals surface area contributed by atoms with Gasteiger partial charge in [-0.15, -0.1) is 0 Å². The molecule has 28 heavy (non-hydrogen) atoms. The van der Waals surface area contributed by atoms with E-state index in [0.29, 0.717) is 32.6 Å². The van der Waals surface area contributed by atoms with Gasteiger partial charge in [0.2, 0.25) is 5.91 Å². The van der Waals surface area contributed by atoms with Gasteiger partial charge in [0.25, 0.3) is 5.91 Å². The van der Waals surface area contributed by atoms with Gasteiger partial charge in [0, 0.05) is 37.7 Å². The first-order chi connectivity index (χ1) is 13.5. The van der Waals surface area contributed by atoms with Crippen molar-refractivity contribution in [3.05, 3.63) is 35.4 Å². The number of amides is 3. The lowest BCUT2D eigenvalue weighted by molar-refractivity contribution is -0.130. The number of likely N-dealkylation sites (tertiary alicyclic amines) is 2. The van der Waals surface area contributed by atoms with Crippen LogP contribution in [0.4, 0.5) is 4.79 Å². The van der Waals surface area contributed by atoms with Crippen LogP contribution in [0.15, 0.2) is 24.3 Å². The highest BCUT2D eigenvalue weighted by molar-refractivity contribution is 5.95. The number of carbonyl (C=O) groups is 3. The normalized spacial score (nSPS) is 25.1. The van der Waals surface area contributed by atoms with Gasteiger partial charge in [0.15, 0.2) is 0 Å². The number of hydrogen-bond donors (Lipinski definition) is 0. The number of hydrogen-bond acceptors (Lipinski definition) is 4. The number of piperidine rings is 1. The minimum absolute atomic E-state index is 0.0546. The van der Waals surface area contributed by atoms with Crippen molar-refractivity contribution >= 4 is 17.9 Å². The number of nitrogens with zero attached hydrogens (tertiary/aromatic N) is 3. The van der Waals surface area contributed by atoms with E-state index in [-0.39, 0.29) is 36.1 Å². The maximum atomic E-state index is 12.8. The molecule has 0 aromatic heterocycles. The van der Waals surface area contributed by atoms with E-state index in [1.54, 1.807) is 4.90 Å². The third-order valence-electron chi connectivity index (χ3n) is 6.23. The molecule has 7 nitrogen and oxygen atoms in total. The Morgan fingerprint density at radius 3 is 2.50 bits per heavy atom. The van der Waals surface area contributed by atoms with E-state index in [1.807, 2.05) is 47.9 Å². The highest BCUT2D eigenvalue weighted by atomic mass is 16.6. The number of rotatable bonds is 3. The van der Waals surface area contributed by atoms with Crippen molar-refractivity contribution in [2.75, 3.05) is 26.2 Å². The van der Waals surface area contributed by atoms with Gasteiger partial charge < -0.3 is 14.5 Å². The molecule has 4 rings (SSSR count). The Labute approximate surface area is 165 Å². The number of fused-ring (bicyclic) bond motifs is 1. The summed E-state index contributed by atoms with van der Waals surface area (Å²) in [4.78, 5) is 42.8. The highest BCUT2D eigenvalue weighted by Crippen LogP contribution is 2.32. The van der Waals surface area contributed by atoms with Crippen LogP contribution >= 0.6 is 0 Å². The van der Waals surface area contributed by atoms with Gasteiger partial charge in [0.1, 0.15) is 6.10 Å². The molecule has 3 fully saturated rings. The number of aryl methyl sites for hydroxylation is 1. The monoisotopic (exact) mass is 385 g/mol. The Kier molecular flexibility index (Phi) is 5.00. The fourth-order valence-corrected chi connectivity index (χ4v) is 4.64. The van der Waals surface area contributed by atoms with Crippen LogP contribution in [0.2, 0.25) is 0 Å². The molecule has 150 valence electrons. The summed E-state index contributed by atoms with van der Waals surface area (Å²) in [6.07, 6.45) is 1.43. The topological polar surface area (TPSA) is 70.2 Å². The molecule has 3 amide bonds. The van der Waals surface area contributed by atoms with Crippen molar-refractivity contribution in [2.24, 2.45) is 0 Å². The molecule has 0 radical (unpaired) electrons. The summed E-state index contributed by atoms with van der Waals surface area (Å²) in [5.41, 5.74) is 1.72. The van der Waals surface area contributed by atoms with Gasteiger partial charge in [-0.05, 0) is 31.4 Å². The zero-order chi connectivity index (χ0) is 19.8. The predicted octanol–water partition coefficient (Wildman–Crippen LogP) is 2.04. The first-order valence-electron chi connectivity index (χ1n) is 10.1. The standard InChI is InChI=1S/C21H27N3O4/c1-3-19(25)23-12-17-18(13-23)28-21(27)24(17)15-8-10-22(11-9-15)20(26)16-7-5-4-6-14(16)2/h4-7,15,17-18H,3,8-13H2,1-2H3/t17-,18+/m1/s1. The summed E-state index contributed by atoms with van der Waals surface area (Å²) < 4.78 is 5.55. The molecular formula is C21H27N3O4. The maximum Gasteiger partial charge on any atom is 0.410 e. The molecule has 3 aliphatic heterocycles.